The molecule has 0 saturated heterocycles. The van der Waals surface area contributed by atoms with Crippen molar-refractivity contribution in [1.82, 2.24) is 5.32 Å². The van der Waals surface area contributed by atoms with Crippen LogP contribution in [0, 0.1) is 0 Å². The molecule has 1 aliphatic rings. The summed E-state index contributed by atoms with van der Waals surface area (Å²) in [6, 6.07) is 15.5. The van der Waals surface area contributed by atoms with Gasteiger partial charge < -0.3 is 9.73 Å². The molecule has 24 heavy (non-hydrogen) atoms. The molecule has 1 N–H and O–H groups in total. The Morgan fingerprint density at radius 3 is 2.58 bits per heavy atom. The van der Waals surface area contributed by atoms with Gasteiger partial charge in [0.1, 0.15) is 5.58 Å². The normalized spacial score (nSPS) is 15.0. The first kappa shape index (κ1) is 15.3. The van der Waals surface area contributed by atoms with Gasteiger partial charge in [-0.3, -0.25) is 4.79 Å². The Morgan fingerprint density at radius 2 is 1.83 bits per heavy atom. The molecule has 0 radical (unpaired) electrons. The van der Waals surface area contributed by atoms with Crippen molar-refractivity contribution in [3.05, 3.63) is 59.3 Å². The molecule has 3 nitrogen and oxygen atoms in total. The highest BCUT2D eigenvalue weighted by Crippen LogP contribution is 2.36. The van der Waals surface area contributed by atoms with Crippen molar-refractivity contribution >= 4 is 28.5 Å². The van der Waals surface area contributed by atoms with Gasteiger partial charge in [0.2, 0.25) is 5.76 Å². The number of carbonyl (C=O) groups excluding carboxylic acids is 1. The molecule has 1 fully saturated rings. The molecule has 0 unspecified atom stereocenters. The molecule has 0 spiro atoms. The zero-order valence-corrected chi connectivity index (χ0v) is 14.0. The van der Waals surface area contributed by atoms with Crippen LogP contribution in [-0.2, 0) is 0 Å². The molecule has 4 heteroatoms. The van der Waals surface area contributed by atoms with Crippen molar-refractivity contribution in [3.63, 3.8) is 0 Å². The maximum absolute atomic E-state index is 12.8. The monoisotopic (exact) mass is 339 g/mol. The second-order valence-corrected chi connectivity index (χ2v) is 6.70. The van der Waals surface area contributed by atoms with Crippen molar-refractivity contribution in [2.45, 2.75) is 31.7 Å². The van der Waals surface area contributed by atoms with E-state index in [1.54, 1.807) is 6.07 Å². The van der Waals surface area contributed by atoms with Crippen molar-refractivity contribution < 1.29 is 9.21 Å². The van der Waals surface area contributed by atoms with E-state index in [-0.39, 0.29) is 11.9 Å². The molecule has 2 aromatic carbocycles. The van der Waals surface area contributed by atoms with Crippen LogP contribution in [0.3, 0.4) is 0 Å². The van der Waals surface area contributed by atoms with Crippen LogP contribution in [0.1, 0.15) is 36.2 Å². The second-order valence-electron chi connectivity index (χ2n) is 6.27. The smallest absolute Gasteiger partial charge is 0.287 e. The number of fused-ring (bicyclic) bond motifs is 1. The van der Waals surface area contributed by atoms with Gasteiger partial charge in [0.25, 0.3) is 5.91 Å². The maximum atomic E-state index is 12.8. The van der Waals surface area contributed by atoms with E-state index in [1.807, 2.05) is 42.5 Å². The Labute approximate surface area is 145 Å². The molecule has 0 bridgehead atoms. The Bertz CT molecular complexity index is 879. The first-order chi connectivity index (χ1) is 11.7. The lowest BCUT2D eigenvalue weighted by atomic mass is 10.0. The summed E-state index contributed by atoms with van der Waals surface area (Å²) >= 11 is 6.16. The van der Waals surface area contributed by atoms with E-state index in [4.69, 9.17) is 16.0 Å². The number of amides is 1. The van der Waals surface area contributed by atoms with Crippen LogP contribution in [0.5, 0.6) is 0 Å². The Balaban J connectivity index is 1.83. The molecule has 1 aromatic heterocycles. The highest BCUT2D eigenvalue weighted by atomic mass is 35.5. The lowest BCUT2D eigenvalue weighted by Crippen LogP contribution is -2.32. The summed E-state index contributed by atoms with van der Waals surface area (Å²) < 4.78 is 5.91. The first-order valence-electron chi connectivity index (χ1n) is 8.31. The minimum atomic E-state index is -0.145. The van der Waals surface area contributed by atoms with Gasteiger partial charge >= 0.3 is 0 Å². The lowest BCUT2D eigenvalue weighted by Gasteiger charge is -2.11. The molecule has 1 saturated carbocycles. The number of hydrogen-bond donors (Lipinski definition) is 1. The molecule has 1 amide bonds. The first-order valence-corrected chi connectivity index (χ1v) is 8.68. The Kier molecular flexibility index (Phi) is 4.03. The fraction of sp³-hybridized carbons (Fsp3) is 0.250. The van der Waals surface area contributed by atoms with Gasteiger partial charge in [0.15, 0.2) is 0 Å². The fourth-order valence-corrected chi connectivity index (χ4v) is 3.61. The third-order valence-electron chi connectivity index (χ3n) is 4.61. The van der Waals surface area contributed by atoms with Gasteiger partial charge in [-0.1, -0.05) is 54.8 Å². The van der Waals surface area contributed by atoms with E-state index in [2.05, 4.69) is 5.32 Å². The molecule has 1 aliphatic carbocycles. The number of rotatable bonds is 3. The van der Waals surface area contributed by atoms with E-state index in [9.17, 15) is 4.79 Å². The number of carbonyl (C=O) groups is 1. The summed E-state index contributed by atoms with van der Waals surface area (Å²) in [7, 11) is 0. The fourth-order valence-electron chi connectivity index (χ4n) is 3.44. The second kappa shape index (κ2) is 6.33. The van der Waals surface area contributed by atoms with Gasteiger partial charge in [0, 0.05) is 22.0 Å². The van der Waals surface area contributed by atoms with E-state index in [1.165, 1.54) is 12.8 Å². The van der Waals surface area contributed by atoms with Crippen LogP contribution < -0.4 is 5.32 Å². The van der Waals surface area contributed by atoms with Gasteiger partial charge in [-0.15, -0.1) is 0 Å². The number of furan rings is 1. The molecular formula is C20H18ClNO2. The molecule has 4 rings (SSSR count). The van der Waals surface area contributed by atoms with E-state index in [0.29, 0.717) is 16.4 Å². The van der Waals surface area contributed by atoms with Crippen LogP contribution in [0.15, 0.2) is 52.9 Å². The summed E-state index contributed by atoms with van der Waals surface area (Å²) in [5.74, 6) is 0.221. The Morgan fingerprint density at radius 1 is 1.08 bits per heavy atom. The standard InChI is InChI=1S/C20H18ClNO2/c21-14-10-11-17-16(12-14)18(13-6-2-1-3-7-13)19(24-17)20(23)22-15-8-4-5-9-15/h1-3,6-7,10-12,15H,4-5,8-9H2,(H,22,23). The third kappa shape index (κ3) is 2.80. The number of benzene rings is 2. The van der Waals surface area contributed by atoms with Crippen LogP contribution in [0.2, 0.25) is 5.02 Å². The largest absolute Gasteiger partial charge is 0.450 e. The molecular weight excluding hydrogens is 322 g/mol. The zero-order valence-electron chi connectivity index (χ0n) is 13.2. The minimum Gasteiger partial charge on any atom is -0.450 e. The third-order valence-corrected chi connectivity index (χ3v) is 4.84. The van der Waals surface area contributed by atoms with Gasteiger partial charge in [-0.2, -0.15) is 0 Å². The highest BCUT2D eigenvalue weighted by Gasteiger charge is 2.25. The molecule has 122 valence electrons. The summed E-state index contributed by atoms with van der Waals surface area (Å²) in [5.41, 5.74) is 2.44. The summed E-state index contributed by atoms with van der Waals surface area (Å²) in [6.45, 7) is 0. The predicted molar refractivity (Wildman–Crippen MR) is 96.4 cm³/mol. The summed E-state index contributed by atoms with van der Waals surface area (Å²) in [5, 5.41) is 4.61. The summed E-state index contributed by atoms with van der Waals surface area (Å²) in [4.78, 5) is 12.8. The van der Waals surface area contributed by atoms with Gasteiger partial charge in [-0.25, -0.2) is 0 Å². The van der Waals surface area contributed by atoms with Crippen molar-refractivity contribution in [1.29, 1.82) is 0 Å². The molecule has 0 aliphatic heterocycles. The molecule has 1 heterocycles. The average molecular weight is 340 g/mol. The van der Waals surface area contributed by atoms with E-state index in [0.717, 1.165) is 29.4 Å². The van der Waals surface area contributed by atoms with Crippen molar-refractivity contribution in [2.75, 3.05) is 0 Å². The van der Waals surface area contributed by atoms with Gasteiger partial charge in [-0.05, 0) is 36.6 Å². The predicted octanol–water partition coefficient (Wildman–Crippen LogP) is 5.43. The molecule has 0 atom stereocenters. The van der Waals surface area contributed by atoms with Crippen molar-refractivity contribution in [2.24, 2.45) is 0 Å². The van der Waals surface area contributed by atoms with E-state index < -0.39 is 0 Å². The van der Waals surface area contributed by atoms with Crippen LogP contribution in [0.25, 0.3) is 22.1 Å². The quantitative estimate of drug-likeness (QED) is 0.691. The maximum Gasteiger partial charge on any atom is 0.287 e. The van der Waals surface area contributed by atoms with Crippen LogP contribution in [-0.4, -0.2) is 11.9 Å². The average Bonchev–Trinajstić information content (AvgIpc) is 3.22. The van der Waals surface area contributed by atoms with Crippen LogP contribution in [0.4, 0.5) is 0 Å². The molecule has 3 aromatic rings. The Hall–Kier alpha value is -2.26. The lowest BCUT2D eigenvalue weighted by molar-refractivity contribution is 0.0913. The topological polar surface area (TPSA) is 42.2 Å². The van der Waals surface area contributed by atoms with Crippen molar-refractivity contribution in [3.8, 4) is 11.1 Å². The SMILES string of the molecule is O=C(NC1CCCC1)c1oc2ccc(Cl)cc2c1-c1ccccc1. The zero-order chi connectivity index (χ0) is 16.5. The van der Waals surface area contributed by atoms with Gasteiger partial charge in [0.05, 0.1) is 0 Å². The number of nitrogens with one attached hydrogen (secondary N) is 1. The number of halogens is 1. The number of hydrogen-bond acceptors (Lipinski definition) is 2. The highest BCUT2D eigenvalue weighted by molar-refractivity contribution is 6.31. The minimum absolute atomic E-state index is 0.145. The van der Waals surface area contributed by atoms with Crippen LogP contribution >= 0.6 is 11.6 Å². The summed E-state index contributed by atoms with van der Waals surface area (Å²) in [6.07, 6.45) is 4.43. The van der Waals surface area contributed by atoms with E-state index >= 15 is 0 Å².